The Balaban J connectivity index is 1.79. The first-order valence-electron chi connectivity index (χ1n) is 8.78. The minimum atomic E-state index is -0.258. The number of carbonyl (C=O) groups excluding carboxylic acids is 2. The molecule has 0 radical (unpaired) electrons. The molecule has 28 heavy (non-hydrogen) atoms. The number of rotatable bonds is 6. The molecule has 2 aromatic heterocycles. The number of anilines is 2. The highest BCUT2D eigenvalue weighted by Gasteiger charge is 2.20. The van der Waals surface area contributed by atoms with E-state index in [1.54, 1.807) is 35.1 Å². The van der Waals surface area contributed by atoms with Crippen molar-refractivity contribution in [1.29, 1.82) is 0 Å². The van der Waals surface area contributed by atoms with Gasteiger partial charge in [0, 0.05) is 36.9 Å². The maximum atomic E-state index is 12.8. The van der Waals surface area contributed by atoms with Crippen molar-refractivity contribution in [2.45, 2.75) is 13.8 Å². The van der Waals surface area contributed by atoms with Gasteiger partial charge >= 0.3 is 0 Å². The lowest BCUT2D eigenvalue weighted by atomic mass is 10.2. The molecule has 8 nitrogen and oxygen atoms in total. The highest BCUT2D eigenvalue weighted by Crippen LogP contribution is 2.21. The fourth-order valence-electron chi connectivity index (χ4n) is 3.02. The fourth-order valence-corrected chi connectivity index (χ4v) is 3.02. The average Bonchev–Trinajstić information content (AvgIpc) is 3.18. The first-order chi connectivity index (χ1) is 13.4. The van der Waals surface area contributed by atoms with E-state index in [9.17, 15) is 9.59 Å². The second kappa shape index (κ2) is 8.10. The molecule has 8 heteroatoms. The van der Waals surface area contributed by atoms with Crippen molar-refractivity contribution in [3.8, 4) is 5.82 Å². The van der Waals surface area contributed by atoms with Gasteiger partial charge in [-0.2, -0.15) is 5.10 Å². The minimum absolute atomic E-state index is 0.0134. The van der Waals surface area contributed by atoms with E-state index < -0.39 is 0 Å². The van der Waals surface area contributed by atoms with Gasteiger partial charge < -0.3 is 19.9 Å². The van der Waals surface area contributed by atoms with Crippen LogP contribution in [0.5, 0.6) is 0 Å². The van der Waals surface area contributed by atoms with Crippen LogP contribution in [0.1, 0.15) is 21.7 Å². The van der Waals surface area contributed by atoms with Crippen LogP contribution in [0.2, 0.25) is 0 Å². The van der Waals surface area contributed by atoms with Crippen LogP contribution in [0, 0.1) is 13.8 Å². The molecule has 0 bridgehead atoms. The van der Waals surface area contributed by atoms with Crippen molar-refractivity contribution in [1.82, 2.24) is 14.3 Å². The zero-order valence-corrected chi connectivity index (χ0v) is 16.3. The number of hydrogen-bond donors (Lipinski definition) is 2. The van der Waals surface area contributed by atoms with Gasteiger partial charge in [-0.3, -0.25) is 14.3 Å². The van der Waals surface area contributed by atoms with Crippen LogP contribution in [0.15, 0.2) is 42.6 Å². The molecule has 2 heterocycles. The van der Waals surface area contributed by atoms with Gasteiger partial charge in [0.25, 0.3) is 5.91 Å². The zero-order chi connectivity index (χ0) is 20.3. The third kappa shape index (κ3) is 3.96. The Labute approximate surface area is 163 Å². The predicted molar refractivity (Wildman–Crippen MR) is 107 cm³/mol. The summed E-state index contributed by atoms with van der Waals surface area (Å²) in [6, 6.07) is 10.9. The molecular weight excluding hydrogens is 358 g/mol. The van der Waals surface area contributed by atoms with E-state index in [-0.39, 0.29) is 18.4 Å². The molecule has 0 aliphatic heterocycles. The Bertz CT molecular complexity index is 982. The normalized spacial score (nSPS) is 10.7. The van der Waals surface area contributed by atoms with Crippen molar-refractivity contribution in [3.05, 3.63) is 59.5 Å². The largest absolute Gasteiger partial charge is 0.375 e. The van der Waals surface area contributed by atoms with Crippen molar-refractivity contribution in [3.63, 3.8) is 0 Å². The summed E-state index contributed by atoms with van der Waals surface area (Å²) in [6.45, 7) is 3.96. The molecule has 2 amide bonds. The molecule has 0 unspecified atom stereocenters. The molecule has 1 aromatic carbocycles. The Kier molecular flexibility index (Phi) is 5.60. The number of methoxy groups -OCH3 is 1. The summed E-state index contributed by atoms with van der Waals surface area (Å²) in [5.74, 6) is 0.212. The first-order valence-corrected chi connectivity index (χ1v) is 8.78. The molecule has 0 spiro atoms. The lowest BCUT2D eigenvalue weighted by Crippen LogP contribution is -2.17. The molecule has 0 atom stereocenters. The number of aromatic nitrogens is 3. The number of nitrogens with zero attached hydrogens (tertiary/aromatic N) is 3. The molecule has 0 fully saturated rings. The van der Waals surface area contributed by atoms with E-state index in [0.29, 0.717) is 22.8 Å². The number of ether oxygens (including phenoxy) is 1. The Morgan fingerprint density at radius 2 is 1.57 bits per heavy atom. The predicted octanol–water partition coefficient (Wildman–Crippen LogP) is 2.66. The summed E-state index contributed by atoms with van der Waals surface area (Å²) >= 11 is 0. The van der Waals surface area contributed by atoms with Gasteiger partial charge in [-0.05, 0) is 50.2 Å². The Morgan fingerprint density at radius 1 is 1.00 bits per heavy atom. The van der Waals surface area contributed by atoms with E-state index in [1.165, 1.54) is 7.11 Å². The van der Waals surface area contributed by atoms with Gasteiger partial charge in [-0.1, -0.05) is 0 Å². The van der Waals surface area contributed by atoms with Gasteiger partial charge in [0.05, 0.1) is 6.20 Å². The number of carbonyl (C=O) groups is 2. The molecule has 0 aliphatic carbocycles. The van der Waals surface area contributed by atoms with Gasteiger partial charge in [0.1, 0.15) is 18.0 Å². The summed E-state index contributed by atoms with van der Waals surface area (Å²) in [7, 11) is 3.27. The number of aryl methyl sites for hydroxylation is 3. The molecule has 146 valence electrons. The molecular formula is C20H23N5O3. The van der Waals surface area contributed by atoms with E-state index in [1.807, 2.05) is 37.6 Å². The van der Waals surface area contributed by atoms with Crippen LogP contribution < -0.4 is 10.6 Å². The maximum absolute atomic E-state index is 12.8. The lowest BCUT2D eigenvalue weighted by molar-refractivity contribution is -0.119. The van der Waals surface area contributed by atoms with Crippen LogP contribution in [0.3, 0.4) is 0 Å². The van der Waals surface area contributed by atoms with Gasteiger partial charge in [0.15, 0.2) is 0 Å². The molecule has 2 N–H and O–H groups in total. The number of nitrogens with one attached hydrogen (secondary N) is 2. The van der Waals surface area contributed by atoms with E-state index in [2.05, 4.69) is 15.7 Å². The minimum Gasteiger partial charge on any atom is -0.375 e. The summed E-state index contributed by atoms with van der Waals surface area (Å²) in [6.07, 6.45) is 1.56. The average molecular weight is 381 g/mol. The van der Waals surface area contributed by atoms with Crippen LogP contribution in [-0.4, -0.2) is 39.9 Å². The van der Waals surface area contributed by atoms with Crippen molar-refractivity contribution >= 4 is 23.2 Å². The summed E-state index contributed by atoms with van der Waals surface area (Å²) in [4.78, 5) is 24.4. The van der Waals surface area contributed by atoms with Crippen molar-refractivity contribution in [2.75, 3.05) is 24.4 Å². The standard InChI is InChI=1S/C20H23N5O3/c1-13-5-6-14(2)25(13)20-17(11-21-24(20)3)19(27)23-16-9-7-15(8-10-16)22-18(26)12-28-4/h5-11H,12H2,1-4H3,(H,22,26)(H,23,27). The van der Waals surface area contributed by atoms with Crippen LogP contribution in [0.25, 0.3) is 5.82 Å². The SMILES string of the molecule is COCC(=O)Nc1ccc(NC(=O)c2cnn(C)c2-n2c(C)ccc2C)cc1. The van der Waals surface area contributed by atoms with Crippen LogP contribution in [0.4, 0.5) is 11.4 Å². The molecule has 3 rings (SSSR count). The van der Waals surface area contributed by atoms with Gasteiger partial charge in [0.2, 0.25) is 5.91 Å². The van der Waals surface area contributed by atoms with E-state index >= 15 is 0 Å². The third-order valence-electron chi connectivity index (χ3n) is 4.34. The fraction of sp³-hybridized carbons (Fsp3) is 0.250. The summed E-state index contributed by atoms with van der Waals surface area (Å²) in [5.41, 5.74) is 3.76. The quantitative estimate of drug-likeness (QED) is 0.687. The number of hydrogen-bond acceptors (Lipinski definition) is 4. The summed E-state index contributed by atoms with van der Waals surface area (Å²) in [5, 5.41) is 9.84. The zero-order valence-electron chi connectivity index (χ0n) is 16.3. The second-order valence-electron chi connectivity index (χ2n) is 6.47. The van der Waals surface area contributed by atoms with E-state index in [0.717, 1.165) is 11.4 Å². The number of benzene rings is 1. The lowest BCUT2D eigenvalue weighted by Gasteiger charge is -2.13. The van der Waals surface area contributed by atoms with Crippen molar-refractivity contribution < 1.29 is 14.3 Å². The highest BCUT2D eigenvalue weighted by molar-refractivity contribution is 6.06. The molecule has 3 aromatic rings. The van der Waals surface area contributed by atoms with Gasteiger partial charge in [-0.15, -0.1) is 0 Å². The van der Waals surface area contributed by atoms with Gasteiger partial charge in [-0.25, -0.2) is 0 Å². The Hall–Kier alpha value is -3.39. The monoisotopic (exact) mass is 381 g/mol. The second-order valence-corrected chi connectivity index (χ2v) is 6.47. The summed E-state index contributed by atoms with van der Waals surface area (Å²) < 4.78 is 8.46. The van der Waals surface area contributed by atoms with Crippen LogP contribution >= 0.6 is 0 Å². The maximum Gasteiger partial charge on any atom is 0.261 e. The molecule has 0 saturated carbocycles. The smallest absolute Gasteiger partial charge is 0.261 e. The molecule has 0 aliphatic rings. The van der Waals surface area contributed by atoms with E-state index in [4.69, 9.17) is 4.74 Å². The third-order valence-corrected chi connectivity index (χ3v) is 4.34. The van der Waals surface area contributed by atoms with Crippen molar-refractivity contribution in [2.24, 2.45) is 7.05 Å². The molecule has 0 saturated heterocycles. The first kappa shape index (κ1) is 19.4. The van der Waals surface area contributed by atoms with Crippen LogP contribution in [-0.2, 0) is 16.6 Å². The Morgan fingerprint density at radius 3 is 2.14 bits per heavy atom. The topological polar surface area (TPSA) is 90.2 Å². The highest BCUT2D eigenvalue weighted by atomic mass is 16.5. The number of amides is 2.